The summed E-state index contributed by atoms with van der Waals surface area (Å²) in [4.78, 5) is 1.64. The maximum absolute atomic E-state index is 4.37. The molecule has 0 atom stereocenters. The van der Waals surface area contributed by atoms with Gasteiger partial charge in [0.2, 0.25) is 5.82 Å². The Bertz CT molecular complexity index is 478. The fourth-order valence-electron chi connectivity index (χ4n) is 1.74. The van der Waals surface area contributed by atoms with Crippen LogP contribution in [0.1, 0.15) is 20.3 Å². The van der Waals surface area contributed by atoms with E-state index in [4.69, 9.17) is 0 Å². The molecular formula is C14H21N5. The van der Waals surface area contributed by atoms with Gasteiger partial charge in [-0.25, -0.2) is 0 Å². The smallest absolute Gasteiger partial charge is 0.204 e. The van der Waals surface area contributed by atoms with E-state index in [0.717, 1.165) is 31.1 Å². The molecule has 0 saturated carbocycles. The van der Waals surface area contributed by atoms with Crippen LogP contribution in [0.3, 0.4) is 0 Å². The monoisotopic (exact) mass is 259 g/mol. The summed E-state index contributed by atoms with van der Waals surface area (Å²) in [5, 5.41) is 15.9. The molecule has 1 aromatic carbocycles. The Morgan fingerprint density at radius 3 is 2.68 bits per heavy atom. The zero-order valence-corrected chi connectivity index (χ0v) is 11.6. The molecular weight excluding hydrogens is 238 g/mol. The Morgan fingerprint density at radius 2 is 1.95 bits per heavy atom. The maximum Gasteiger partial charge on any atom is 0.204 e. The van der Waals surface area contributed by atoms with Gasteiger partial charge >= 0.3 is 0 Å². The first-order valence-electron chi connectivity index (χ1n) is 6.79. The van der Waals surface area contributed by atoms with Gasteiger partial charge < -0.3 is 5.32 Å². The molecule has 19 heavy (non-hydrogen) atoms. The Morgan fingerprint density at radius 1 is 1.16 bits per heavy atom. The van der Waals surface area contributed by atoms with Crippen molar-refractivity contribution in [3.8, 4) is 11.4 Å². The van der Waals surface area contributed by atoms with E-state index in [9.17, 15) is 0 Å². The number of tetrazole rings is 1. The predicted molar refractivity (Wildman–Crippen MR) is 75.6 cm³/mol. The summed E-state index contributed by atoms with van der Waals surface area (Å²) in [6.07, 6.45) is 1.19. The molecule has 0 fully saturated rings. The molecule has 5 heteroatoms. The zero-order chi connectivity index (χ0) is 13.5. The third-order valence-electron chi connectivity index (χ3n) is 2.87. The molecule has 5 nitrogen and oxygen atoms in total. The molecule has 0 spiro atoms. The first-order chi connectivity index (χ1) is 9.25. The van der Waals surface area contributed by atoms with E-state index in [2.05, 4.69) is 34.6 Å². The Labute approximate surface area is 114 Å². The normalized spacial score (nSPS) is 11.1. The summed E-state index contributed by atoms with van der Waals surface area (Å²) in [7, 11) is 0. The van der Waals surface area contributed by atoms with Gasteiger partial charge in [-0.2, -0.15) is 4.80 Å². The van der Waals surface area contributed by atoms with Crippen LogP contribution >= 0.6 is 0 Å². The SMILES string of the molecule is CC(C)CCNCCn1nnc(-c2ccccc2)n1. The van der Waals surface area contributed by atoms with Crippen molar-refractivity contribution in [2.45, 2.75) is 26.8 Å². The topological polar surface area (TPSA) is 55.6 Å². The molecule has 1 aromatic heterocycles. The molecule has 0 unspecified atom stereocenters. The van der Waals surface area contributed by atoms with Gasteiger partial charge in [-0.3, -0.25) is 0 Å². The lowest BCUT2D eigenvalue weighted by atomic mass is 10.1. The highest BCUT2D eigenvalue weighted by molar-refractivity contribution is 5.52. The van der Waals surface area contributed by atoms with Gasteiger partial charge in [0, 0.05) is 12.1 Å². The molecule has 102 valence electrons. The second kappa shape index (κ2) is 6.99. The van der Waals surface area contributed by atoms with E-state index in [1.54, 1.807) is 4.80 Å². The summed E-state index contributed by atoms with van der Waals surface area (Å²) in [6, 6.07) is 9.91. The summed E-state index contributed by atoms with van der Waals surface area (Å²) < 4.78 is 0. The van der Waals surface area contributed by atoms with Crippen LogP contribution in [0.5, 0.6) is 0 Å². The van der Waals surface area contributed by atoms with Crippen molar-refractivity contribution >= 4 is 0 Å². The second-order valence-electron chi connectivity index (χ2n) is 5.01. The zero-order valence-electron chi connectivity index (χ0n) is 11.6. The van der Waals surface area contributed by atoms with Crippen molar-refractivity contribution in [1.29, 1.82) is 0 Å². The van der Waals surface area contributed by atoms with E-state index in [1.165, 1.54) is 6.42 Å². The highest BCUT2D eigenvalue weighted by Crippen LogP contribution is 2.11. The number of nitrogens with one attached hydrogen (secondary N) is 1. The minimum atomic E-state index is 0.683. The quantitative estimate of drug-likeness (QED) is 0.772. The lowest BCUT2D eigenvalue weighted by Crippen LogP contribution is -2.23. The van der Waals surface area contributed by atoms with E-state index >= 15 is 0 Å². The lowest BCUT2D eigenvalue weighted by molar-refractivity contribution is 0.472. The molecule has 2 rings (SSSR count). The van der Waals surface area contributed by atoms with Gasteiger partial charge in [-0.05, 0) is 24.1 Å². The van der Waals surface area contributed by atoms with Crippen LogP contribution in [0.2, 0.25) is 0 Å². The van der Waals surface area contributed by atoms with Gasteiger partial charge in [-0.1, -0.05) is 44.2 Å². The molecule has 1 heterocycles. The molecule has 1 N–H and O–H groups in total. The average Bonchev–Trinajstić information content (AvgIpc) is 2.88. The molecule has 0 aliphatic carbocycles. The number of benzene rings is 1. The standard InChI is InChI=1S/C14H21N5/c1-12(2)8-9-15-10-11-19-17-14(16-18-19)13-6-4-3-5-7-13/h3-7,12,15H,8-11H2,1-2H3. The molecule has 0 saturated heterocycles. The Balaban J connectivity index is 1.78. The number of hydrogen-bond donors (Lipinski definition) is 1. The first-order valence-corrected chi connectivity index (χ1v) is 6.79. The summed E-state index contributed by atoms with van der Waals surface area (Å²) in [6.45, 7) is 7.12. The largest absolute Gasteiger partial charge is 0.315 e. The average molecular weight is 259 g/mol. The van der Waals surface area contributed by atoms with E-state index in [0.29, 0.717) is 5.82 Å². The van der Waals surface area contributed by atoms with Gasteiger partial charge in [0.05, 0.1) is 6.54 Å². The molecule has 2 aromatic rings. The van der Waals surface area contributed by atoms with Crippen LogP contribution in [0.15, 0.2) is 30.3 Å². The number of rotatable bonds is 7. The Kier molecular flexibility index (Phi) is 5.03. The van der Waals surface area contributed by atoms with Crippen LogP contribution in [-0.2, 0) is 6.54 Å². The fraction of sp³-hybridized carbons (Fsp3) is 0.500. The van der Waals surface area contributed by atoms with Crippen molar-refractivity contribution < 1.29 is 0 Å². The highest BCUT2D eigenvalue weighted by Gasteiger charge is 2.04. The van der Waals surface area contributed by atoms with Crippen molar-refractivity contribution in [3.63, 3.8) is 0 Å². The third-order valence-corrected chi connectivity index (χ3v) is 2.87. The van der Waals surface area contributed by atoms with Gasteiger partial charge in [0.1, 0.15) is 0 Å². The predicted octanol–water partition coefficient (Wildman–Crippen LogP) is 1.98. The molecule has 0 radical (unpaired) electrons. The van der Waals surface area contributed by atoms with Crippen molar-refractivity contribution in [1.82, 2.24) is 25.5 Å². The highest BCUT2D eigenvalue weighted by atomic mass is 15.6. The minimum absolute atomic E-state index is 0.683. The van der Waals surface area contributed by atoms with Crippen LogP contribution < -0.4 is 5.32 Å². The molecule has 0 bridgehead atoms. The Hall–Kier alpha value is -1.75. The molecule has 0 aliphatic rings. The van der Waals surface area contributed by atoms with Crippen molar-refractivity contribution in [3.05, 3.63) is 30.3 Å². The van der Waals surface area contributed by atoms with E-state index in [1.807, 2.05) is 30.3 Å². The molecule has 0 amide bonds. The van der Waals surface area contributed by atoms with Gasteiger partial charge in [-0.15, -0.1) is 10.2 Å². The third kappa shape index (κ3) is 4.44. The maximum atomic E-state index is 4.37. The number of aromatic nitrogens is 4. The van der Waals surface area contributed by atoms with Crippen molar-refractivity contribution in [2.75, 3.05) is 13.1 Å². The fourth-order valence-corrected chi connectivity index (χ4v) is 1.74. The van der Waals surface area contributed by atoms with E-state index < -0.39 is 0 Å². The van der Waals surface area contributed by atoms with Crippen LogP contribution in [-0.4, -0.2) is 33.3 Å². The van der Waals surface area contributed by atoms with Gasteiger partial charge in [0.15, 0.2) is 0 Å². The summed E-state index contributed by atoms with van der Waals surface area (Å²) in [5.74, 6) is 1.42. The van der Waals surface area contributed by atoms with Crippen molar-refractivity contribution in [2.24, 2.45) is 5.92 Å². The van der Waals surface area contributed by atoms with E-state index in [-0.39, 0.29) is 0 Å². The van der Waals surface area contributed by atoms with Gasteiger partial charge in [0.25, 0.3) is 0 Å². The van der Waals surface area contributed by atoms with Crippen LogP contribution in [0.25, 0.3) is 11.4 Å². The number of nitrogens with zero attached hydrogens (tertiary/aromatic N) is 4. The second-order valence-corrected chi connectivity index (χ2v) is 5.01. The molecule has 0 aliphatic heterocycles. The number of hydrogen-bond acceptors (Lipinski definition) is 4. The van der Waals surface area contributed by atoms with Crippen LogP contribution in [0, 0.1) is 5.92 Å². The van der Waals surface area contributed by atoms with Crippen LogP contribution in [0.4, 0.5) is 0 Å². The first kappa shape index (κ1) is 13.7. The summed E-state index contributed by atoms with van der Waals surface area (Å²) in [5.41, 5.74) is 1.00. The lowest BCUT2D eigenvalue weighted by Gasteiger charge is -2.05. The minimum Gasteiger partial charge on any atom is -0.315 e. The summed E-state index contributed by atoms with van der Waals surface area (Å²) >= 11 is 0.